The maximum absolute atomic E-state index is 10.6. The first-order valence-corrected chi connectivity index (χ1v) is 3.88. The Labute approximate surface area is 78.6 Å². The lowest BCUT2D eigenvalue weighted by atomic mass is 10.2. The molecule has 0 spiro atoms. The number of methoxy groups -OCH3 is 1. The summed E-state index contributed by atoms with van der Waals surface area (Å²) in [6.45, 7) is 0. The smallest absolute Gasteiger partial charge is 0.311 e. The zero-order valence-electron chi connectivity index (χ0n) is 7.35. The van der Waals surface area contributed by atoms with Gasteiger partial charge in [0.1, 0.15) is 0 Å². The highest BCUT2D eigenvalue weighted by molar-refractivity contribution is 5.88. The Kier molecular flexibility index (Phi) is 1.81. The molecule has 0 bridgehead atoms. The zero-order valence-corrected chi connectivity index (χ0v) is 7.35. The molecule has 0 aliphatic rings. The van der Waals surface area contributed by atoms with Gasteiger partial charge in [-0.2, -0.15) is 5.10 Å². The van der Waals surface area contributed by atoms with Gasteiger partial charge in [-0.3, -0.25) is 15.2 Å². The van der Waals surface area contributed by atoms with Gasteiger partial charge in [-0.05, 0) is 6.07 Å². The Hall–Kier alpha value is -2.11. The summed E-state index contributed by atoms with van der Waals surface area (Å²) in [5.41, 5.74) is 0.661. The Balaban J connectivity index is 2.78. The van der Waals surface area contributed by atoms with Crippen LogP contribution in [0.15, 0.2) is 18.3 Å². The van der Waals surface area contributed by atoms with Crippen LogP contribution in [0.5, 0.6) is 5.75 Å². The lowest BCUT2D eigenvalue weighted by Crippen LogP contribution is -1.93. The molecular formula is C8H7N3O3. The maximum Gasteiger partial charge on any atom is 0.311 e. The molecule has 0 saturated carbocycles. The van der Waals surface area contributed by atoms with E-state index in [1.807, 2.05) is 0 Å². The topological polar surface area (TPSA) is 81.0 Å². The molecule has 6 nitrogen and oxygen atoms in total. The number of nitro groups is 1. The molecule has 0 fully saturated rings. The van der Waals surface area contributed by atoms with E-state index in [0.29, 0.717) is 10.9 Å². The Bertz CT molecular complexity index is 492. The van der Waals surface area contributed by atoms with Crippen molar-refractivity contribution in [2.24, 2.45) is 0 Å². The molecule has 0 amide bonds. The third-order valence-electron chi connectivity index (χ3n) is 1.95. The number of aromatic nitrogens is 2. The number of ether oxygens (including phenoxy) is 1. The van der Waals surface area contributed by atoms with Gasteiger partial charge >= 0.3 is 5.69 Å². The fourth-order valence-electron chi connectivity index (χ4n) is 1.34. The van der Waals surface area contributed by atoms with E-state index >= 15 is 0 Å². The molecule has 72 valence electrons. The van der Waals surface area contributed by atoms with Crippen molar-refractivity contribution < 1.29 is 9.66 Å². The summed E-state index contributed by atoms with van der Waals surface area (Å²) in [7, 11) is 1.40. The van der Waals surface area contributed by atoms with Gasteiger partial charge in [0.2, 0.25) is 5.75 Å². The molecule has 0 radical (unpaired) electrons. The van der Waals surface area contributed by atoms with Crippen LogP contribution >= 0.6 is 0 Å². The van der Waals surface area contributed by atoms with Crippen LogP contribution < -0.4 is 4.74 Å². The maximum atomic E-state index is 10.6. The van der Waals surface area contributed by atoms with Crippen molar-refractivity contribution in [3.8, 4) is 5.75 Å². The number of nitrogens with one attached hydrogen (secondary N) is 1. The second-order valence-corrected chi connectivity index (χ2v) is 2.71. The molecule has 0 atom stereocenters. The van der Waals surface area contributed by atoms with E-state index in [9.17, 15) is 10.1 Å². The second-order valence-electron chi connectivity index (χ2n) is 2.71. The number of hydrogen-bond acceptors (Lipinski definition) is 4. The van der Waals surface area contributed by atoms with E-state index in [-0.39, 0.29) is 11.4 Å². The van der Waals surface area contributed by atoms with Crippen LogP contribution in [-0.2, 0) is 0 Å². The zero-order chi connectivity index (χ0) is 10.1. The van der Waals surface area contributed by atoms with Gasteiger partial charge in [0, 0.05) is 6.07 Å². The van der Waals surface area contributed by atoms with Gasteiger partial charge in [-0.15, -0.1) is 0 Å². The minimum absolute atomic E-state index is 0.0543. The van der Waals surface area contributed by atoms with Crippen molar-refractivity contribution in [1.29, 1.82) is 0 Å². The third kappa shape index (κ3) is 1.08. The predicted molar refractivity (Wildman–Crippen MR) is 49.3 cm³/mol. The highest BCUT2D eigenvalue weighted by Crippen LogP contribution is 2.33. The van der Waals surface area contributed by atoms with Gasteiger partial charge in [-0.1, -0.05) is 0 Å². The van der Waals surface area contributed by atoms with Crippen molar-refractivity contribution in [3.05, 3.63) is 28.4 Å². The molecule has 0 saturated heterocycles. The quantitative estimate of drug-likeness (QED) is 0.578. The van der Waals surface area contributed by atoms with Crippen molar-refractivity contribution in [2.75, 3.05) is 7.11 Å². The van der Waals surface area contributed by atoms with Crippen LogP contribution in [0.1, 0.15) is 0 Å². The number of nitro benzene ring substituents is 1. The number of fused-ring (bicyclic) bond motifs is 1. The summed E-state index contributed by atoms with van der Waals surface area (Å²) < 4.78 is 4.98. The van der Waals surface area contributed by atoms with Gasteiger partial charge in [-0.25, -0.2) is 0 Å². The molecule has 1 N–H and O–H groups in total. The van der Waals surface area contributed by atoms with Crippen molar-refractivity contribution >= 4 is 16.6 Å². The van der Waals surface area contributed by atoms with Crippen molar-refractivity contribution in [3.63, 3.8) is 0 Å². The van der Waals surface area contributed by atoms with Crippen LogP contribution in [0.25, 0.3) is 10.9 Å². The fourth-order valence-corrected chi connectivity index (χ4v) is 1.34. The standard InChI is InChI=1S/C8H7N3O3/c1-14-8-5-4-9-10-6(5)2-3-7(8)11(12)13/h2-4H,1H3,(H,9,10). The average Bonchev–Trinajstić information content (AvgIpc) is 2.63. The van der Waals surface area contributed by atoms with Gasteiger partial charge < -0.3 is 4.74 Å². The highest BCUT2D eigenvalue weighted by Gasteiger charge is 2.18. The molecule has 0 aliphatic heterocycles. The van der Waals surface area contributed by atoms with Crippen LogP contribution in [0.4, 0.5) is 5.69 Å². The number of nitrogens with zero attached hydrogens (tertiary/aromatic N) is 2. The van der Waals surface area contributed by atoms with Crippen molar-refractivity contribution in [1.82, 2.24) is 10.2 Å². The number of rotatable bonds is 2. The number of hydrogen-bond donors (Lipinski definition) is 1. The summed E-state index contributed by atoms with van der Waals surface area (Å²) in [5, 5.41) is 17.7. The highest BCUT2D eigenvalue weighted by atomic mass is 16.6. The van der Waals surface area contributed by atoms with Crippen LogP contribution in [0.2, 0.25) is 0 Å². The lowest BCUT2D eigenvalue weighted by molar-refractivity contribution is -0.385. The Morgan fingerprint density at radius 3 is 3.00 bits per heavy atom. The number of benzene rings is 1. The molecule has 2 aromatic rings. The average molecular weight is 193 g/mol. The van der Waals surface area contributed by atoms with Crippen molar-refractivity contribution in [2.45, 2.75) is 0 Å². The first kappa shape index (κ1) is 8.49. The van der Waals surface area contributed by atoms with Gasteiger partial charge in [0.25, 0.3) is 0 Å². The molecule has 1 aromatic carbocycles. The molecule has 6 heteroatoms. The number of H-pyrrole nitrogens is 1. The van der Waals surface area contributed by atoms with Gasteiger partial charge in [0.05, 0.1) is 29.1 Å². The largest absolute Gasteiger partial charge is 0.490 e. The Morgan fingerprint density at radius 1 is 1.57 bits per heavy atom. The summed E-state index contributed by atoms with van der Waals surface area (Å²) in [6.07, 6.45) is 1.50. The van der Waals surface area contributed by atoms with E-state index in [1.165, 1.54) is 19.4 Å². The van der Waals surface area contributed by atoms with Crippen LogP contribution in [-0.4, -0.2) is 22.2 Å². The van der Waals surface area contributed by atoms with E-state index < -0.39 is 4.92 Å². The summed E-state index contributed by atoms with van der Waals surface area (Å²) in [5.74, 6) is 0.237. The number of aromatic amines is 1. The SMILES string of the molecule is COc1c([N+](=O)[O-])ccc2[nH]ncc12. The fraction of sp³-hybridized carbons (Fsp3) is 0.125. The molecule has 1 aromatic heterocycles. The van der Waals surface area contributed by atoms with E-state index in [1.54, 1.807) is 6.07 Å². The first-order valence-electron chi connectivity index (χ1n) is 3.88. The summed E-state index contributed by atoms with van der Waals surface area (Å²) in [6, 6.07) is 2.99. The molecule has 0 unspecified atom stereocenters. The Morgan fingerprint density at radius 2 is 2.36 bits per heavy atom. The van der Waals surface area contributed by atoms with Crippen LogP contribution in [0.3, 0.4) is 0 Å². The molecule has 14 heavy (non-hydrogen) atoms. The second kappa shape index (κ2) is 2.99. The molecule has 1 heterocycles. The normalized spacial score (nSPS) is 10.4. The van der Waals surface area contributed by atoms with E-state index in [2.05, 4.69) is 10.2 Å². The predicted octanol–water partition coefficient (Wildman–Crippen LogP) is 1.48. The summed E-state index contributed by atoms with van der Waals surface area (Å²) >= 11 is 0. The van der Waals surface area contributed by atoms with E-state index in [4.69, 9.17) is 4.74 Å². The van der Waals surface area contributed by atoms with Gasteiger partial charge in [0.15, 0.2) is 0 Å². The molecular weight excluding hydrogens is 186 g/mol. The van der Waals surface area contributed by atoms with Crippen LogP contribution in [0, 0.1) is 10.1 Å². The monoisotopic (exact) mass is 193 g/mol. The van der Waals surface area contributed by atoms with E-state index in [0.717, 1.165) is 0 Å². The minimum atomic E-state index is -0.481. The molecule has 0 aliphatic carbocycles. The lowest BCUT2D eigenvalue weighted by Gasteiger charge is -2.01. The minimum Gasteiger partial charge on any atom is -0.490 e. The molecule has 2 rings (SSSR count). The first-order chi connectivity index (χ1) is 6.74. The summed E-state index contributed by atoms with van der Waals surface area (Å²) in [4.78, 5) is 10.2. The third-order valence-corrected chi connectivity index (χ3v) is 1.95.